The summed E-state index contributed by atoms with van der Waals surface area (Å²) >= 11 is 0. The highest BCUT2D eigenvalue weighted by Crippen LogP contribution is 2.25. The monoisotopic (exact) mass is 354 g/mol. The Bertz CT molecular complexity index is 565. The van der Waals surface area contributed by atoms with E-state index in [1.54, 1.807) is 6.92 Å². The molecule has 9 nitrogen and oxygen atoms in total. The van der Waals surface area contributed by atoms with Crippen molar-refractivity contribution in [3.05, 3.63) is 0 Å². The number of amides is 3. The van der Waals surface area contributed by atoms with Gasteiger partial charge in [-0.1, -0.05) is 0 Å². The lowest BCUT2D eigenvalue weighted by molar-refractivity contribution is -0.152. The minimum atomic E-state index is -1.01. The highest BCUT2D eigenvalue weighted by molar-refractivity contribution is 5.94. The number of carboxylic acids is 1. The first-order chi connectivity index (χ1) is 11.7. The van der Waals surface area contributed by atoms with Gasteiger partial charge in [-0.2, -0.15) is 0 Å². The molecule has 0 aromatic carbocycles. The Kier molecular flexibility index (Phi) is 5.99. The maximum absolute atomic E-state index is 12.8. The lowest BCUT2D eigenvalue weighted by Gasteiger charge is -2.31. The normalized spacial score (nSPS) is 25.6. The summed E-state index contributed by atoms with van der Waals surface area (Å²) in [5, 5.41) is 11.8. The van der Waals surface area contributed by atoms with E-state index in [4.69, 9.17) is 5.73 Å². The molecule has 0 unspecified atom stereocenters. The number of rotatable bonds is 5. The zero-order chi connectivity index (χ0) is 18.7. The van der Waals surface area contributed by atoms with Gasteiger partial charge in [-0.25, -0.2) is 4.79 Å². The molecule has 4 N–H and O–H groups in total. The average Bonchev–Trinajstić information content (AvgIpc) is 3.22. The van der Waals surface area contributed by atoms with Gasteiger partial charge in [0.25, 0.3) is 0 Å². The topological polar surface area (TPSA) is 133 Å². The largest absolute Gasteiger partial charge is 0.480 e. The molecule has 25 heavy (non-hydrogen) atoms. The van der Waals surface area contributed by atoms with Crippen molar-refractivity contribution in [1.29, 1.82) is 0 Å². The summed E-state index contributed by atoms with van der Waals surface area (Å²) in [6.45, 7) is 3.89. The van der Waals surface area contributed by atoms with Crippen LogP contribution in [-0.2, 0) is 19.2 Å². The zero-order valence-electron chi connectivity index (χ0n) is 14.6. The van der Waals surface area contributed by atoms with E-state index in [9.17, 15) is 24.3 Å². The maximum Gasteiger partial charge on any atom is 0.326 e. The van der Waals surface area contributed by atoms with Crippen LogP contribution in [0.3, 0.4) is 0 Å². The van der Waals surface area contributed by atoms with Gasteiger partial charge in [-0.3, -0.25) is 14.4 Å². The number of nitrogens with two attached hydrogens (primary N) is 1. The van der Waals surface area contributed by atoms with Gasteiger partial charge in [-0.05, 0) is 39.5 Å². The van der Waals surface area contributed by atoms with Crippen LogP contribution in [0, 0.1) is 0 Å². The molecule has 0 saturated carbocycles. The fourth-order valence-corrected chi connectivity index (χ4v) is 3.42. The fourth-order valence-electron chi connectivity index (χ4n) is 3.42. The van der Waals surface area contributed by atoms with Crippen molar-refractivity contribution < 1.29 is 24.3 Å². The first-order valence-electron chi connectivity index (χ1n) is 8.63. The predicted octanol–water partition coefficient (Wildman–Crippen LogP) is -1.10. The van der Waals surface area contributed by atoms with Crippen molar-refractivity contribution >= 4 is 23.7 Å². The van der Waals surface area contributed by atoms with Gasteiger partial charge in [-0.15, -0.1) is 0 Å². The highest BCUT2D eigenvalue weighted by Gasteiger charge is 2.42. The number of carbonyl (C=O) groups excluding carboxylic acids is 3. The molecule has 2 aliphatic rings. The summed E-state index contributed by atoms with van der Waals surface area (Å²) < 4.78 is 0. The highest BCUT2D eigenvalue weighted by atomic mass is 16.4. The molecule has 0 aliphatic carbocycles. The van der Waals surface area contributed by atoms with Gasteiger partial charge in [0.1, 0.15) is 18.1 Å². The van der Waals surface area contributed by atoms with Crippen LogP contribution >= 0.6 is 0 Å². The Labute approximate surface area is 146 Å². The van der Waals surface area contributed by atoms with Crippen molar-refractivity contribution in [2.24, 2.45) is 5.73 Å². The van der Waals surface area contributed by atoms with Crippen molar-refractivity contribution in [2.75, 3.05) is 13.1 Å². The second-order valence-corrected chi connectivity index (χ2v) is 6.74. The summed E-state index contributed by atoms with van der Waals surface area (Å²) in [4.78, 5) is 51.2. The third-order valence-corrected chi connectivity index (χ3v) is 4.78. The summed E-state index contributed by atoms with van der Waals surface area (Å²) in [5.41, 5.74) is 5.49. The van der Waals surface area contributed by atoms with Gasteiger partial charge in [0.2, 0.25) is 17.7 Å². The van der Waals surface area contributed by atoms with Crippen LogP contribution in [0.5, 0.6) is 0 Å². The minimum absolute atomic E-state index is 0.318. The summed E-state index contributed by atoms with van der Waals surface area (Å²) in [5.74, 6) is -2.12. The number of nitrogens with one attached hydrogen (secondary N) is 1. The molecule has 4 atom stereocenters. The third kappa shape index (κ3) is 4.09. The Morgan fingerprint density at radius 1 is 1.04 bits per heavy atom. The standard InChI is InChI=1S/C16H26N4O5/c1-9(17)13(21)18-10(2)14(22)19-7-3-5-11(19)15(23)20-8-4-6-12(20)16(24)25/h9-12H,3-8,17H2,1-2H3,(H,18,21)(H,24,25)/t9-,10-,11-,12-/m0/s1. The molecule has 9 heteroatoms. The SMILES string of the molecule is C[C@H](N)C(=O)N[C@@H](C)C(=O)N1CCC[C@H]1C(=O)N1CCC[C@H]1C(=O)O. The van der Waals surface area contributed by atoms with Crippen LogP contribution in [0.2, 0.25) is 0 Å². The molecule has 0 aromatic rings. The third-order valence-electron chi connectivity index (χ3n) is 4.78. The molecule has 2 heterocycles. The number of hydrogen-bond donors (Lipinski definition) is 3. The smallest absolute Gasteiger partial charge is 0.326 e. The Hall–Kier alpha value is -2.16. The van der Waals surface area contributed by atoms with Gasteiger partial charge < -0.3 is 26.0 Å². The molecule has 0 aromatic heterocycles. The number of nitrogens with zero attached hydrogens (tertiary/aromatic N) is 2. The lowest BCUT2D eigenvalue weighted by atomic mass is 10.1. The summed E-state index contributed by atoms with van der Waals surface area (Å²) in [6.07, 6.45) is 2.25. The Balaban J connectivity index is 2.06. The van der Waals surface area contributed by atoms with E-state index in [-0.39, 0.29) is 11.8 Å². The van der Waals surface area contributed by atoms with E-state index in [0.717, 1.165) is 0 Å². The molecule has 3 amide bonds. The molecule has 0 spiro atoms. The van der Waals surface area contributed by atoms with Gasteiger partial charge in [0.05, 0.1) is 6.04 Å². The first kappa shape index (κ1) is 19.2. The van der Waals surface area contributed by atoms with Crippen LogP contribution in [0.25, 0.3) is 0 Å². The number of carbonyl (C=O) groups is 4. The fraction of sp³-hybridized carbons (Fsp3) is 0.750. The van der Waals surface area contributed by atoms with Crippen LogP contribution in [0.1, 0.15) is 39.5 Å². The zero-order valence-corrected chi connectivity index (χ0v) is 14.6. The van der Waals surface area contributed by atoms with Gasteiger partial charge >= 0.3 is 5.97 Å². The van der Waals surface area contributed by atoms with Crippen LogP contribution in [-0.4, -0.2) is 75.9 Å². The van der Waals surface area contributed by atoms with Crippen molar-refractivity contribution in [3.8, 4) is 0 Å². The molecule has 2 fully saturated rings. The van der Waals surface area contributed by atoms with Crippen molar-refractivity contribution in [1.82, 2.24) is 15.1 Å². The van der Waals surface area contributed by atoms with Crippen LogP contribution < -0.4 is 11.1 Å². The summed E-state index contributed by atoms with van der Waals surface area (Å²) in [7, 11) is 0. The number of aliphatic carboxylic acids is 1. The quantitative estimate of drug-likeness (QED) is 0.574. The minimum Gasteiger partial charge on any atom is -0.480 e. The molecule has 2 saturated heterocycles. The average molecular weight is 354 g/mol. The Morgan fingerprint density at radius 2 is 1.60 bits per heavy atom. The van der Waals surface area contributed by atoms with E-state index in [0.29, 0.717) is 38.8 Å². The van der Waals surface area contributed by atoms with Crippen LogP contribution in [0.4, 0.5) is 0 Å². The molecule has 2 rings (SSSR count). The summed E-state index contributed by atoms with van der Waals surface area (Å²) in [6, 6.07) is -3.00. The second kappa shape index (κ2) is 7.81. The molecule has 2 aliphatic heterocycles. The van der Waals surface area contributed by atoms with Gasteiger partial charge in [0, 0.05) is 13.1 Å². The first-order valence-corrected chi connectivity index (χ1v) is 8.63. The van der Waals surface area contributed by atoms with Crippen molar-refractivity contribution in [2.45, 2.75) is 63.7 Å². The second-order valence-electron chi connectivity index (χ2n) is 6.74. The van der Waals surface area contributed by atoms with Gasteiger partial charge in [0.15, 0.2) is 0 Å². The van der Waals surface area contributed by atoms with E-state index in [2.05, 4.69) is 5.32 Å². The van der Waals surface area contributed by atoms with E-state index >= 15 is 0 Å². The van der Waals surface area contributed by atoms with Crippen LogP contribution in [0.15, 0.2) is 0 Å². The number of hydrogen-bond acceptors (Lipinski definition) is 5. The maximum atomic E-state index is 12.8. The van der Waals surface area contributed by atoms with E-state index in [1.807, 2.05) is 0 Å². The predicted molar refractivity (Wildman–Crippen MR) is 88.4 cm³/mol. The molecular weight excluding hydrogens is 328 g/mol. The number of carboxylic acid groups (broad SMARTS) is 1. The Morgan fingerprint density at radius 3 is 2.16 bits per heavy atom. The molecule has 140 valence electrons. The molecule has 0 bridgehead atoms. The van der Waals surface area contributed by atoms with E-state index in [1.165, 1.54) is 16.7 Å². The van der Waals surface area contributed by atoms with E-state index < -0.39 is 36.0 Å². The molecular formula is C16H26N4O5. The molecule has 0 radical (unpaired) electrons. The van der Waals surface area contributed by atoms with Crippen molar-refractivity contribution in [3.63, 3.8) is 0 Å². The lowest BCUT2D eigenvalue weighted by Crippen LogP contribution is -2.55. The number of likely N-dealkylation sites (tertiary alicyclic amines) is 2.